The molecular weight excluding hydrogens is 256 g/mol. The number of nitrogens with one attached hydrogen (secondary N) is 1. The number of thiazole rings is 1. The van der Waals surface area contributed by atoms with Crippen LogP contribution in [0, 0.1) is 5.41 Å². The monoisotopic (exact) mass is 282 g/mol. The molecule has 108 valence electrons. The summed E-state index contributed by atoms with van der Waals surface area (Å²) in [5.41, 5.74) is 1.62. The van der Waals surface area contributed by atoms with Gasteiger partial charge in [-0.15, -0.1) is 11.3 Å². The van der Waals surface area contributed by atoms with Crippen molar-refractivity contribution in [1.82, 2.24) is 10.3 Å². The fraction of sp³-hybridized carbons (Fsp3) is 0.800. The summed E-state index contributed by atoms with van der Waals surface area (Å²) >= 11 is 1.83. The summed E-state index contributed by atoms with van der Waals surface area (Å²) in [7, 11) is 1.75. The predicted octanol–water partition coefficient (Wildman–Crippen LogP) is 3.86. The van der Waals surface area contributed by atoms with Crippen LogP contribution in [0.25, 0.3) is 0 Å². The molecule has 0 bridgehead atoms. The third-order valence-corrected chi connectivity index (χ3v) is 5.18. The molecule has 0 spiro atoms. The number of fused-ring (bicyclic) bond motifs is 1. The molecule has 1 aliphatic rings. The summed E-state index contributed by atoms with van der Waals surface area (Å²) in [6, 6.07) is 0.467. The van der Waals surface area contributed by atoms with E-state index in [1.54, 1.807) is 7.11 Å². The van der Waals surface area contributed by atoms with E-state index in [-0.39, 0.29) is 6.10 Å². The molecule has 1 aliphatic carbocycles. The van der Waals surface area contributed by atoms with E-state index in [1.807, 2.05) is 11.3 Å². The molecule has 19 heavy (non-hydrogen) atoms. The Morgan fingerprint density at radius 3 is 2.89 bits per heavy atom. The highest BCUT2D eigenvalue weighted by Gasteiger charge is 2.35. The molecule has 0 aliphatic heterocycles. The number of hydrogen-bond donors (Lipinski definition) is 1. The Kier molecular flexibility index (Phi) is 4.64. The van der Waals surface area contributed by atoms with Crippen molar-refractivity contribution in [2.75, 3.05) is 13.7 Å². The quantitative estimate of drug-likeness (QED) is 0.890. The molecular formula is C15H26N2OS. The Morgan fingerprint density at radius 1 is 1.53 bits per heavy atom. The molecule has 2 unspecified atom stereocenters. The zero-order valence-electron chi connectivity index (χ0n) is 12.7. The number of methoxy groups -OCH3 is 1. The van der Waals surface area contributed by atoms with Gasteiger partial charge in [0, 0.05) is 18.0 Å². The van der Waals surface area contributed by atoms with Gasteiger partial charge in [-0.1, -0.05) is 20.8 Å². The summed E-state index contributed by atoms with van der Waals surface area (Å²) in [5, 5.41) is 4.80. The number of aromatic nitrogens is 1. The molecule has 2 rings (SSSR count). The van der Waals surface area contributed by atoms with Gasteiger partial charge >= 0.3 is 0 Å². The number of hydrogen-bond acceptors (Lipinski definition) is 4. The van der Waals surface area contributed by atoms with E-state index in [1.165, 1.54) is 23.4 Å². The van der Waals surface area contributed by atoms with Crippen LogP contribution in [0.5, 0.6) is 0 Å². The van der Waals surface area contributed by atoms with Gasteiger partial charge in [-0.25, -0.2) is 4.98 Å². The van der Waals surface area contributed by atoms with Crippen molar-refractivity contribution in [3.63, 3.8) is 0 Å². The molecule has 0 fully saturated rings. The smallest absolute Gasteiger partial charge is 0.122 e. The highest BCUT2D eigenvalue weighted by Crippen LogP contribution is 2.44. The van der Waals surface area contributed by atoms with Crippen molar-refractivity contribution in [2.45, 2.75) is 59.1 Å². The zero-order valence-corrected chi connectivity index (χ0v) is 13.6. The van der Waals surface area contributed by atoms with Gasteiger partial charge in [0.1, 0.15) is 11.1 Å². The third kappa shape index (κ3) is 3.36. The van der Waals surface area contributed by atoms with Gasteiger partial charge < -0.3 is 10.1 Å². The van der Waals surface area contributed by atoms with Gasteiger partial charge in [-0.2, -0.15) is 0 Å². The van der Waals surface area contributed by atoms with E-state index in [9.17, 15) is 0 Å². The van der Waals surface area contributed by atoms with Crippen LogP contribution < -0.4 is 5.32 Å². The van der Waals surface area contributed by atoms with Crippen LogP contribution in [0.15, 0.2) is 0 Å². The summed E-state index contributed by atoms with van der Waals surface area (Å²) in [5.74, 6) is 0. The van der Waals surface area contributed by atoms with Crippen molar-refractivity contribution < 1.29 is 4.74 Å². The first kappa shape index (κ1) is 14.9. The van der Waals surface area contributed by atoms with Gasteiger partial charge in [-0.3, -0.25) is 0 Å². The van der Waals surface area contributed by atoms with E-state index in [4.69, 9.17) is 9.72 Å². The minimum absolute atomic E-state index is 0.102. The average molecular weight is 282 g/mol. The minimum Gasteiger partial charge on any atom is -0.375 e. The number of rotatable bonds is 5. The van der Waals surface area contributed by atoms with Gasteiger partial charge in [-0.05, 0) is 38.1 Å². The van der Waals surface area contributed by atoms with Gasteiger partial charge in [0.2, 0.25) is 0 Å². The lowest BCUT2D eigenvalue weighted by molar-refractivity contribution is 0.119. The Balaban J connectivity index is 2.27. The molecule has 3 nitrogen and oxygen atoms in total. The lowest BCUT2D eigenvalue weighted by Crippen LogP contribution is -2.33. The second kappa shape index (κ2) is 5.90. The first-order valence-electron chi connectivity index (χ1n) is 7.22. The predicted molar refractivity (Wildman–Crippen MR) is 80.7 cm³/mol. The molecule has 0 saturated heterocycles. The zero-order chi connectivity index (χ0) is 14.0. The maximum Gasteiger partial charge on any atom is 0.122 e. The third-order valence-electron chi connectivity index (χ3n) is 3.81. The molecule has 1 heterocycles. The minimum atomic E-state index is 0.102. The van der Waals surface area contributed by atoms with E-state index >= 15 is 0 Å². The molecule has 1 aromatic heterocycles. The number of ether oxygens (including phenoxy) is 1. The largest absolute Gasteiger partial charge is 0.375 e. The molecule has 0 aromatic carbocycles. The molecule has 0 amide bonds. The van der Waals surface area contributed by atoms with Crippen molar-refractivity contribution in [3.8, 4) is 0 Å². The first-order chi connectivity index (χ1) is 8.96. The Morgan fingerprint density at radius 2 is 2.26 bits per heavy atom. The molecule has 0 saturated carbocycles. The summed E-state index contributed by atoms with van der Waals surface area (Å²) < 4.78 is 5.41. The number of nitrogens with zero attached hydrogens (tertiary/aromatic N) is 1. The molecule has 4 heteroatoms. The van der Waals surface area contributed by atoms with Crippen LogP contribution in [0.3, 0.4) is 0 Å². The fourth-order valence-electron chi connectivity index (χ4n) is 2.71. The lowest BCUT2D eigenvalue weighted by Gasteiger charge is -2.34. The maximum atomic E-state index is 5.41. The van der Waals surface area contributed by atoms with Crippen LogP contribution >= 0.6 is 11.3 Å². The van der Waals surface area contributed by atoms with Gasteiger partial charge in [0.05, 0.1) is 5.69 Å². The second-order valence-corrected chi connectivity index (χ2v) is 7.36. The molecule has 2 atom stereocenters. The van der Waals surface area contributed by atoms with Crippen LogP contribution in [-0.2, 0) is 11.2 Å². The van der Waals surface area contributed by atoms with Crippen LogP contribution in [0.2, 0.25) is 0 Å². The Bertz CT molecular complexity index is 428. The molecule has 0 radical (unpaired) electrons. The Hall–Kier alpha value is -0.450. The van der Waals surface area contributed by atoms with Crippen molar-refractivity contribution in [1.29, 1.82) is 0 Å². The van der Waals surface area contributed by atoms with Crippen molar-refractivity contribution in [2.24, 2.45) is 5.41 Å². The maximum absolute atomic E-state index is 5.41. The summed E-state index contributed by atoms with van der Waals surface area (Å²) in [6.45, 7) is 10.1. The topological polar surface area (TPSA) is 34.2 Å². The standard InChI is InChI=1S/C15H26N2OS/c1-6-7-16-11-8-15(3,4)9-12-13(11)19-14(17-12)10(2)18-5/h10-11,16H,6-9H2,1-5H3. The average Bonchev–Trinajstić information content (AvgIpc) is 2.77. The second-order valence-electron chi connectivity index (χ2n) is 6.29. The van der Waals surface area contributed by atoms with Crippen LogP contribution in [0.1, 0.15) is 68.3 Å². The molecule has 1 aromatic rings. The molecule has 1 N–H and O–H groups in total. The van der Waals surface area contributed by atoms with Gasteiger partial charge in [0.15, 0.2) is 0 Å². The van der Waals surface area contributed by atoms with Crippen LogP contribution in [-0.4, -0.2) is 18.6 Å². The van der Waals surface area contributed by atoms with E-state index in [0.29, 0.717) is 11.5 Å². The normalized spacial score (nSPS) is 23.1. The lowest BCUT2D eigenvalue weighted by atomic mass is 9.76. The summed E-state index contributed by atoms with van der Waals surface area (Å²) in [4.78, 5) is 6.27. The SMILES string of the molecule is CCCNC1CC(C)(C)Cc2nc(C(C)OC)sc21. The Labute approximate surface area is 120 Å². The highest BCUT2D eigenvalue weighted by atomic mass is 32.1. The summed E-state index contributed by atoms with van der Waals surface area (Å²) in [6.07, 6.45) is 3.56. The van der Waals surface area contributed by atoms with Crippen LogP contribution in [0.4, 0.5) is 0 Å². The van der Waals surface area contributed by atoms with Gasteiger partial charge in [0.25, 0.3) is 0 Å². The van der Waals surface area contributed by atoms with E-state index in [0.717, 1.165) is 18.0 Å². The van der Waals surface area contributed by atoms with Crippen molar-refractivity contribution in [3.05, 3.63) is 15.6 Å². The van der Waals surface area contributed by atoms with Crippen molar-refractivity contribution >= 4 is 11.3 Å². The van der Waals surface area contributed by atoms with E-state index in [2.05, 4.69) is 33.0 Å². The fourth-order valence-corrected chi connectivity index (χ4v) is 3.90. The highest BCUT2D eigenvalue weighted by molar-refractivity contribution is 7.11. The first-order valence-corrected chi connectivity index (χ1v) is 8.04. The van der Waals surface area contributed by atoms with E-state index < -0.39 is 0 Å².